The van der Waals surface area contributed by atoms with Gasteiger partial charge in [0.1, 0.15) is 4.90 Å². The van der Waals surface area contributed by atoms with Crippen molar-refractivity contribution in [1.82, 2.24) is 4.31 Å². The molecule has 0 saturated carbocycles. The van der Waals surface area contributed by atoms with Crippen LogP contribution in [0.1, 0.15) is 13.8 Å². The van der Waals surface area contributed by atoms with Crippen LogP contribution in [0.25, 0.3) is 0 Å². The van der Waals surface area contributed by atoms with Crippen LogP contribution in [0, 0.1) is 22.0 Å². The lowest BCUT2D eigenvalue weighted by molar-refractivity contribution is -0.385. The van der Waals surface area contributed by atoms with E-state index in [0.29, 0.717) is 13.1 Å². The number of hydrogen-bond acceptors (Lipinski definition) is 5. The fraction of sp³-hybridized carbons (Fsp3) is 0.500. The molecule has 1 fully saturated rings. The van der Waals surface area contributed by atoms with Gasteiger partial charge in [0, 0.05) is 25.2 Å². The molecule has 1 aliphatic rings. The van der Waals surface area contributed by atoms with E-state index >= 15 is 0 Å². The first-order valence-corrected chi connectivity index (χ1v) is 7.71. The summed E-state index contributed by atoms with van der Waals surface area (Å²) in [6.07, 6.45) is 0. The number of anilines is 1. The standard InChI is InChI=1S/C12H17N3O4S/c1-8-6-14(7-9(8)2)20(18,19)12-5-10(15(16)17)3-4-11(12)13/h3-5,8-9H,6-7,13H2,1-2H3. The summed E-state index contributed by atoms with van der Waals surface area (Å²) in [6.45, 7) is 4.78. The Labute approximate surface area is 117 Å². The summed E-state index contributed by atoms with van der Waals surface area (Å²) in [6, 6.07) is 3.48. The molecule has 0 amide bonds. The normalized spacial score (nSPS) is 23.9. The van der Waals surface area contributed by atoms with Crippen LogP contribution in [0.4, 0.5) is 11.4 Å². The van der Waals surface area contributed by atoms with Crippen molar-refractivity contribution in [3.63, 3.8) is 0 Å². The quantitative estimate of drug-likeness (QED) is 0.516. The number of benzene rings is 1. The minimum Gasteiger partial charge on any atom is -0.398 e. The summed E-state index contributed by atoms with van der Waals surface area (Å²) in [4.78, 5) is 9.95. The molecule has 2 atom stereocenters. The van der Waals surface area contributed by atoms with E-state index < -0.39 is 14.9 Å². The second kappa shape index (κ2) is 5.02. The molecule has 20 heavy (non-hydrogen) atoms. The zero-order chi connectivity index (χ0) is 15.1. The van der Waals surface area contributed by atoms with Gasteiger partial charge in [-0.15, -0.1) is 0 Å². The van der Waals surface area contributed by atoms with Gasteiger partial charge in [-0.25, -0.2) is 8.42 Å². The molecular weight excluding hydrogens is 282 g/mol. The van der Waals surface area contributed by atoms with Crippen molar-refractivity contribution in [2.75, 3.05) is 18.8 Å². The highest BCUT2D eigenvalue weighted by molar-refractivity contribution is 7.89. The smallest absolute Gasteiger partial charge is 0.270 e. The topological polar surface area (TPSA) is 107 Å². The highest BCUT2D eigenvalue weighted by Gasteiger charge is 2.36. The number of nitro benzene ring substituents is 1. The van der Waals surface area contributed by atoms with Gasteiger partial charge in [0.15, 0.2) is 0 Å². The second-order valence-electron chi connectivity index (χ2n) is 5.26. The minimum absolute atomic E-state index is 0.0304. The van der Waals surface area contributed by atoms with E-state index in [2.05, 4.69) is 0 Å². The van der Waals surface area contributed by atoms with Gasteiger partial charge in [-0.05, 0) is 17.9 Å². The Morgan fingerprint density at radius 2 is 1.85 bits per heavy atom. The molecule has 0 radical (unpaired) electrons. The summed E-state index contributed by atoms with van der Waals surface area (Å²) in [7, 11) is -3.79. The SMILES string of the molecule is CC1CN(S(=O)(=O)c2cc([N+](=O)[O-])ccc2N)CC1C. The number of nitro groups is 1. The molecule has 0 aliphatic carbocycles. The van der Waals surface area contributed by atoms with Crippen molar-refractivity contribution in [2.45, 2.75) is 18.7 Å². The van der Waals surface area contributed by atoms with E-state index in [9.17, 15) is 18.5 Å². The Morgan fingerprint density at radius 1 is 1.30 bits per heavy atom. The monoisotopic (exact) mass is 299 g/mol. The average Bonchev–Trinajstić information content (AvgIpc) is 2.70. The predicted molar refractivity (Wildman–Crippen MR) is 74.6 cm³/mol. The zero-order valence-corrected chi connectivity index (χ0v) is 12.1. The highest BCUT2D eigenvalue weighted by atomic mass is 32.2. The summed E-state index contributed by atoms with van der Waals surface area (Å²) in [5.41, 5.74) is 5.44. The van der Waals surface area contributed by atoms with E-state index in [1.165, 1.54) is 16.4 Å². The number of nitrogens with zero attached hydrogens (tertiary/aromatic N) is 2. The summed E-state index contributed by atoms with van der Waals surface area (Å²) in [5, 5.41) is 10.8. The van der Waals surface area contributed by atoms with E-state index in [-0.39, 0.29) is 28.1 Å². The number of rotatable bonds is 3. The van der Waals surface area contributed by atoms with Gasteiger partial charge in [0.05, 0.1) is 10.6 Å². The number of non-ortho nitro benzene ring substituents is 1. The van der Waals surface area contributed by atoms with Crippen LogP contribution in [-0.2, 0) is 10.0 Å². The first-order chi connectivity index (χ1) is 9.23. The Bertz CT molecular complexity index is 634. The molecule has 1 aromatic carbocycles. The van der Waals surface area contributed by atoms with Gasteiger partial charge in [-0.3, -0.25) is 10.1 Å². The molecule has 7 nitrogen and oxygen atoms in total. The molecule has 8 heteroatoms. The number of hydrogen-bond donors (Lipinski definition) is 1. The Kier molecular flexibility index (Phi) is 3.70. The molecule has 110 valence electrons. The van der Waals surface area contributed by atoms with Gasteiger partial charge in [0.25, 0.3) is 5.69 Å². The summed E-state index contributed by atoms with van der Waals surface area (Å²) < 4.78 is 26.4. The molecule has 2 rings (SSSR count). The van der Waals surface area contributed by atoms with E-state index in [4.69, 9.17) is 5.73 Å². The van der Waals surface area contributed by atoms with Crippen LogP contribution in [0.15, 0.2) is 23.1 Å². The zero-order valence-electron chi connectivity index (χ0n) is 11.3. The van der Waals surface area contributed by atoms with Crippen molar-refractivity contribution in [3.05, 3.63) is 28.3 Å². The third kappa shape index (κ3) is 2.48. The first-order valence-electron chi connectivity index (χ1n) is 6.27. The molecule has 1 aromatic rings. The van der Waals surface area contributed by atoms with Gasteiger partial charge >= 0.3 is 0 Å². The molecule has 1 heterocycles. The van der Waals surface area contributed by atoms with Crippen LogP contribution in [0.2, 0.25) is 0 Å². The highest BCUT2D eigenvalue weighted by Crippen LogP contribution is 2.32. The molecule has 0 aromatic heterocycles. The van der Waals surface area contributed by atoms with Crippen LogP contribution in [-0.4, -0.2) is 30.7 Å². The first kappa shape index (κ1) is 14.7. The Balaban J connectivity index is 2.44. The molecular formula is C12H17N3O4S. The summed E-state index contributed by atoms with van der Waals surface area (Å²) in [5.74, 6) is 0.509. The maximum atomic E-state index is 12.5. The van der Waals surface area contributed by atoms with E-state index in [1.54, 1.807) is 0 Å². The van der Waals surface area contributed by atoms with Gasteiger partial charge in [-0.1, -0.05) is 13.8 Å². The van der Waals surface area contributed by atoms with Crippen molar-refractivity contribution in [2.24, 2.45) is 11.8 Å². The number of nitrogens with two attached hydrogens (primary N) is 1. The molecule has 1 aliphatic heterocycles. The molecule has 1 saturated heterocycles. The van der Waals surface area contributed by atoms with Crippen molar-refractivity contribution >= 4 is 21.4 Å². The van der Waals surface area contributed by atoms with Crippen molar-refractivity contribution in [1.29, 1.82) is 0 Å². The lowest BCUT2D eigenvalue weighted by Gasteiger charge is -2.17. The van der Waals surface area contributed by atoms with Crippen LogP contribution in [0.3, 0.4) is 0 Å². The van der Waals surface area contributed by atoms with Gasteiger partial charge < -0.3 is 5.73 Å². The molecule has 2 unspecified atom stereocenters. The molecule has 2 N–H and O–H groups in total. The van der Waals surface area contributed by atoms with Gasteiger partial charge in [-0.2, -0.15) is 4.31 Å². The fourth-order valence-electron chi connectivity index (χ4n) is 2.27. The minimum atomic E-state index is -3.79. The maximum absolute atomic E-state index is 12.5. The van der Waals surface area contributed by atoms with E-state index in [1.807, 2.05) is 13.8 Å². The maximum Gasteiger partial charge on any atom is 0.270 e. The third-order valence-corrected chi connectivity index (χ3v) is 5.67. The van der Waals surface area contributed by atoms with Crippen molar-refractivity contribution in [3.8, 4) is 0 Å². The third-order valence-electron chi connectivity index (χ3n) is 3.78. The van der Waals surface area contributed by atoms with Gasteiger partial charge in [0.2, 0.25) is 10.0 Å². The second-order valence-corrected chi connectivity index (χ2v) is 7.16. The lowest BCUT2D eigenvalue weighted by Crippen LogP contribution is -2.29. The average molecular weight is 299 g/mol. The van der Waals surface area contributed by atoms with Crippen LogP contribution in [0.5, 0.6) is 0 Å². The van der Waals surface area contributed by atoms with Crippen molar-refractivity contribution < 1.29 is 13.3 Å². The largest absolute Gasteiger partial charge is 0.398 e. The Morgan fingerprint density at radius 3 is 2.35 bits per heavy atom. The predicted octanol–water partition coefficient (Wildman–Crippen LogP) is 1.45. The fourth-order valence-corrected chi connectivity index (χ4v) is 4.05. The number of sulfonamides is 1. The number of nitrogen functional groups attached to an aromatic ring is 1. The van der Waals surface area contributed by atoms with Crippen LogP contribution < -0.4 is 5.73 Å². The summed E-state index contributed by atoms with van der Waals surface area (Å²) >= 11 is 0. The molecule has 0 spiro atoms. The Hall–Kier alpha value is -1.67. The van der Waals surface area contributed by atoms with Crippen LogP contribution >= 0.6 is 0 Å². The van der Waals surface area contributed by atoms with E-state index in [0.717, 1.165) is 6.07 Å². The molecule has 0 bridgehead atoms. The lowest BCUT2D eigenvalue weighted by atomic mass is 10.0.